The minimum atomic E-state index is -4.40. The summed E-state index contributed by atoms with van der Waals surface area (Å²) < 4.78 is 36.5. The van der Waals surface area contributed by atoms with Crippen LogP contribution in [0.4, 0.5) is 0 Å². The summed E-state index contributed by atoms with van der Waals surface area (Å²) in [5.74, 6) is 3.89. The lowest BCUT2D eigenvalue weighted by Gasteiger charge is -2.58. The van der Waals surface area contributed by atoms with Gasteiger partial charge in [-0.2, -0.15) is 8.42 Å². The van der Waals surface area contributed by atoms with Crippen molar-refractivity contribution in [3.05, 3.63) is 11.6 Å². The first-order valence-electron chi connectivity index (χ1n) is 13.4. The van der Waals surface area contributed by atoms with Crippen molar-refractivity contribution in [1.29, 1.82) is 0 Å². The lowest BCUT2D eigenvalue weighted by molar-refractivity contribution is -0.0567. The summed E-state index contributed by atoms with van der Waals surface area (Å²) in [6.07, 6.45) is 12.4. The molecule has 9 atom stereocenters. The minimum Gasteiger partial charge on any atom is -0.393 e. The van der Waals surface area contributed by atoms with Gasteiger partial charge in [-0.25, -0.2) is 4.18 Å². The third kappa shape index (κ3) is 4.83. The number of rotatable bonds is 7. The molecular formula is C27H46O5S. The fourth-order valence-corrected chi connectivity index (χ4v) is 9.33. The zero-order chi connectivity index (χ0) is 24.2. The third-order valence-corrected chi connectivity index (χ3v) is 11.3. The molecule has 5 nitrogen and oxygen atoms in total. The van der Waals surface area contributed by atoms with Crippen LogP contribution < -0.4 is 0 Å². The van der Waals surface area contributed by atoms with Gasteiger partial charge in [0.25, 0.3) is 0 Å². The van der Waals surface area contributed by atoms with E-state index in [2.05, 4.69) is 40.7 Å². The van der Waals surface area contributed by atoms with Crippen LogP contribution in [0.15, 0.2) is 11.6 Å². The molecule has 0 saturated heterocycles. The van der Waals surface area contributed by atoms with Gasteiger partial charge >= 0.3 is 10.4 Å². The molecule has 0 aromatic rings. The predicted octanol–water partition coefficient (Wildman–Crippen LogP) is 6.19. The lowest BCUT2D eigenvalue weighted by atomic mass is 9.47. The molecule has 3 fully saturated rings. The highest BCUT2D eigenvalue weighted by molar-refractivity contribution is 7.80. The number of aliphatic hydroxyl groups excluding tert-OH is 1. The Morgan fingerprint density at radius 2 is 1.79 bits per heavy atom. The van der Waals surface area contributed by atoms with Gasteiger partial charge in [0.2, 0.25) is 0 Å². The molecule has 0 heterocycles. The maximum absolute atomic E-state index is 11.2. The Balaban J connectivity index is 1.47. The largest absolute Gasteiger partial charge is 0.397 e. The van der Waals surface area contributed by atoms with Crippen LogP contribution in [0.5, 0.6) is 0 Å². The van der Waals surface area contributed by atoms with Crippen molar-refractivity contribution in [3.8, 4) is 0 Å². The molecule has 0 aliphatic heterocycles. The first-order valence-corrected chi connectivity index (χ1v) is 14.7. The van der Waals surface area contributed by atoms with Crippen LogP contribution in [0.3, 0.4) is 0 Å². The Bertz CT molecular complexity index is 851. The van der Waals surface area contributed by atoms with Crippen molar-refractivity contribution in [2.45, 2.75) is 111 Å². The monoisotopic (exact) mass is 482 g/mol. The van der Waals surface area contributed by atoms with Crippen LogP contribution in [-0.2, 0) is 14.6 Å². The third-order valence-electron chi connectivity index (χ3n) is 10.8. The van der Waals surface area contributed by atoms with Gasteiger partial charge in [0.05, 0.1) is 12.2 Å². The quantitative estimate of drug-likeness (QED) is 0.334. The molecule has 6 heteroatoms. The zero-order valence-electron chi connectivity index (χ0n) is 21.3. The maximum Gasteiger partial charge on any atom is 0.397 e. The van der Waals surface area contributed by atoms with Gasteiger partial charge in [-0.15, -0.1) is 0 Å². The summed E-state index contributed by atoms with van der Waals surface area (Å²) in [4.78, 5) is 0. The van der Waals surface area contributed by atoms with E-state index in [9.17, 15) is 13.5 Å². The molecule has 3 saturated carbocycles. The highest BCUT2D eigenvalue weighted by Gasteiger charge is 2.59. The van der Waals surface area contributed by atoms with Gasteiger partial charge in [0, 0.05) is 0 Å². The summed E-state index contributed by atoms with van der Waals surface area (Å²) >= 11 is 0. The molecule has 0 aromatic heterocycles. The molecular weight excluding hydrogens is 436 g/mol. The average molecular weight is 483 g/mol. The Labute approximate surface area is 201 Å². The van der Waals surface area contributed by atoms with E-state index in [0.717, 1.165) is 43.4 Å². The topological polar surface area (TPSA) is 83.8 Å². The first-order chi connectivity index (χ1) is 15.3. The van der Waals surface area contributed by atoms with Gasteiger partial charge in [0.1, 0.15) is 0 Å². The van der Waals surface area contributed by atoms with E-state index in [1.54, 1.807) is 0 Å². The molecule has 0 amide bonds. The summed E-state index contributed by atoms with van der Waals surface area (Å²) in [5.41, 5.74) is 1.89. The van der Waals surface area contributed by atoms with Crippen LogP contribution >= 0.6 is 0 Å². The van der Waals surface area contributed by atoms with E-state index in [4.69, 9.17) is 8.74 Å². The summed E-state index contributed by atoms with van der Waals surface area (Å²) in [7, 11) is -4.40. The van der Waals surface area contributed by atoms with E-state index >= 15 is 0 Å². The van der Waals surface area contributed by atoms with Crippen LogP contribution in [0, 0.1) is 46.3 Å². The van der Waals surface area contributed by atoms with Crippen molar-refractivity contribution in [2.75, 3.05) is 0 Å². The zero-order valence-corrected chi connectivity index (χ0v) is 22.1. The van der Waals surface area contributed by atoms with Gasteiger partial charge in [-0.3, -0.25) is 4.55 Å². The molecule has 4 aliphatic rings. The highest BCUT2D eigenvalue weighted by atomic mass is 32.3. The molecule has 2 unspecified atom stereocenters. The Morgan fingerprint density at radius 3 is 2.45 bits per heavy atom. The SMILES string of the molecule is CC(C)C(O)CC[C@@H](C)C1CC[C@H]2[C@@H]3CC=C4C[C@@H](OS(=O)(=O)O)CC[C@]4(C)[C@H]3CC[C@]12C. The second-order valence-corrected chi connectivity index (χ2v) is 13.8. The van der Waals surface area contributed by atoms with Crippen LogP contribution in [0.2, 0.25) is 0 Å². The van der Waals surface area contributed by atoms with Crippen molar-refractivity contribution in [2.24, 2.45) is 46.3 Å². The van der Waals surface area contributed by atoms with E-state index < -0.39 is 16.5 Å². The number of hydrogen-bond acceptors (Lipinski definition) is 4. The van der Waals surface area contributed by atoms with E-state index in [-0.39, 0.29) is 11.5 Å². The molecule has 0 spiro atoms. The van der Waals surface area contributed by atoms with Gasteiger partial charge in [-0.1, -0.05) is 46.3 Å². The van der Waals surface area contributed by atoms with Crippen molar-refractivity contribution in [3.63, 3.8) is 0 Å². The van der Waals surface area contributed by atoms with E-state index in [1.165, 1.54) is 31.3 Å². The van der Waals surface area contributed by atoms with Crippen molar-refractivity contribution in [1.82, 2.24) is 0 Å². The Morgan fingerprint density at radius 1 is 1.06 bits per heavy atom. The summed E-state index contributed by atoms with van der Waals surface area (Å²) in [6.45, 7) is 11.6. The average Bonchev–Trinajstić information content (AvgIpc) is 3.08. The number of aliphatic hydroxyl groups is 1. The van der Waals surface area contributed by atoms with Crippen LogP contribution in [0.1, 0.15) is 98.8 Å². The van der Waals surface area contributed by atoms with E-state index in [1.807, 2.05) is 0 Å². The second-order valence-electron chi connectivity index (χ2n) is 12.7. The minimum absolute atomic E-state index is 0.133. The van der Waals surface area contributed by atoms with Gasteiger partial charge in [0.15, 0.2) is 0 Å². The van der Waals surface area contributed by atoms with Gasteiger partial charge in [-0.05, 0) is 111 Å². The highest BCUT2D eigenvalue weighted by Crippen LogP contribution is 2.67. The van der Waals surface area contributed by atoms with Gasteiger partial charge < -0.3 is 5.11 Å². The molecule has 0 bridgehead atoms. The second kappa shape index (κ2) is 9.22. The fraction of sp³-hybridized carbons (Fsp3) is 0.926. The molecule has 190 valence electrons. The van der Waals surface area contributed by atoms with Crippen molar-refractivity contribution >= 4 is 10.4 Å². The Hall–Kier alpha value is -0.430. The molecule has 2 N–H and O–H groups in total. The maximum atomic E-state index is 11.2. The summed E-state index contributed by atoms with van der Waals surface area (Å²) in [6, 6.07) is 0. The predicted molar refractivity (Wildman–Crippen MR) is 131 cm³/mol. The molecule has 4 aliphatic carbocycles. The smallest absolute Gasteiger partial charge is 0.393 e. The number of fused-ring (bicyclic) bond motifs is 5. The Kier molecular flexibility index (Phi) is 7.17. The summed E-state index contributed by atoms with van der Waals surface area (Å²) in [5, 5.41) is 10.3. The molecule has 4 rings (SSSR count). The fourth-order valence-electron chi connectivity index (χ4n) is 8.83. The molecule has 0 aromatic carbocycles. The van der Waals surface area contributed by atoms with Crippen molar-refractivity contribution < 1.29 is 22.3 Å². The molecule has 0 radical (unpaired) electrons. The van der Waals surface area contributed by atoms with Crippen LogP contribution in [-0.4, -0.2) is 30.3 Å². The number of allylic oxidation sites excluding steroid dienone is 1. The standard InChI is InChI=1S/C27H46O5S/c1-17(2)25(28)11-6-18(3)22-9-10-23-21-8-7-19-16-20(32-33(29,30)31)12-14-26(19,4)24(21)13-15-27(22,23)5/h7,17-18,20-25,28H,6,8-16H2,1-5H3,(H,29,30,31)/t18-,20+,21+,22?,23+,24+,25?,26+,27-/m1/s1. The molecule has 33 heavy (non-hydrogen) atoms. The lowest BCUT2D eigenvalue weighted by Crippen LogP contribution is -2.51. The number of hydrogen-bond donors (Lipinski definition) is 2. The van der Waals surface area contributed by atoms with Crippen LogP contribution in [0.25, 0.3) is 0 Å². The van der Waals surface area contributed by atoms with E-state index in [0.29, 0.717) is 36.0 Å². The normalized spacial score (nSPS) is 42.8. The first kappa shape index (κ1) is 25.7.